The van der Waals surface area contributed by atoms with Crippen molar-refractivity contribution < 1.29 is 9.90 Å². The van der Waals surface area contributed by atoms with Crippen LogP contribution >= 0.6 is 0 Å². The number of hydrogen-bond acceptors (Lipinski definition) is 1. The minimum Gasteiger partial charge on any atom is -0.480 e. The van der Waals surface area contributed by atoms with Crippen molar-refractivity contribution in [2.45, 2.75) is 46.0 Å². The summed E-state index contributed by atoms with van der Waals surface area (Å²) in [5.41, 5.74) is 0. The van der Waals surface area contributed by atoms with Gasteiger partial charge < -0.3 is 5.11 Å². The van der Waals surface area contributed by atoms with E-state index < -0.39 is 11.9 Å². The van der Waals surface area contributed by atoms with Crippen LogP contribution in [-0.2, 0) is 4.79 Å². The molecule has 1 N–H and O–H groups in total. The van der Waals surface area contributed by atoms with E-state index in [2.05, 4.69) is 18.8 Å². The van der Waals surface area contributed by atoms with E-state index in [1.807, 2.05) is 0 Å². The summed E-state index contributed by atoms with van der Waals surface area (Å²) < 4.78 is 0. The fourth-order valence-corrected chi connectivity index (χ4v) is 1.21. The molecular formula is C11H18O2. The summed E-state index contributed by atoms with van der Waals surface area (Å²) in [6, 6.07) is 0. The van der Waals surface area contributed by atoms with Crippen molar-refractivity contribution in [2.24, 2.45) is 5.92 Å². The van der Waals surface area contributed by atoms with Gasteiger partial charge in [-0.1, -0.05) is 38.5 Å². The third-order valence-electron chi connectivity index (χ3n) is 1.96. The molecule has 0 unspecified atom stereocenters. The van der Waals surface area contributed by atoms with Crippen molar-refractivity contribution in [3.05, 3.63) is 0 Å². The molecule has 0 aromatic heterocycles. The smallest absolute Gasteiger partial charge is 0.318 e. The van der Waals surface area contributed by atoms with Crippen LogP contribution in [0.4, 0.5) is 0 Å². The van der Waals surface area contributed by atoms with Crippen LogP contribution in [0.5, 0.6) is 0 Å². The summed E-state index contributed by atoms with van der Waals surface area (Å²) in [6.45, 7) is 3.82. The molecule has 0 aromatic carbocycles. The van der Waals surface area contributed by atoms with Crippen LogP contribution in [0.25, 0.3) is 0 Å². The Balaban J connectivity index is 3.68. The molecule has 2 nitrogen and oxygen atoms in total. The first-order valence-electron chi connectivity index (χ1n) is 4.87. The maximum atomic E-state index is 10.7. The monoisotopic (exact) mass is 182 g/mol. The molecule has 0 aliphatic rings. The molecule has 0 spiro atoms. The van der Waals surface area contributed by atoms with E-state index in [-0.39, 0.29) is 0 Å². The number of aliphatic carboxylic acids is 1. The molecule has 0 aliphatic heterocycles. The second-order valence-electron chi connectivity index (χ2n) is 3.13. The zero-order chi connectivity index (χ0) is 10.1. The average molecular weight is 182 g/mol. The minimum atomic E-state index is -0.786. The molecule has 74 valence electrons. The third kappa shape index (κ3) is 6.21. The van der Waals surface area contributed by atoms with E-state index in [1.165, 1.54) is 12.8 Å². The number of carboxylic acids is 1. The predicted octanol–water partition coefficient (Wildman–Crippen LogP) is 2.68. The fourth-order valence-electron chi connectivity index (χ4n) is 1.21. The third-order valence-corrected chi connectivity index (χ3v) is 1.96. The highest BCUT2D eigenvalue weighted by atomic mass is 16.4. The second kappa shape index (κ2) is 7.67. The van der Waals surface area contributed by atoms with Gasteiger partial charge in [-0.15, -0.1) is 5.92 Å². The van der Waals surface area contributed by atoms with E-state index in [9.17, 15) is 4.79 Å². The van der Waals surface area contributed by atoms with Gasteiger partial charge in [0.2, 0.25) is 0 Å². The summed E-state index contributed by atoms with van der Waals surface area (Å²) in [5.74, 6) is 4.13. The highest BCUT2D eigenvalue weighted by Gasteiger charge is 2.12. The van der Waals surface area contributed by atoms with Gasteiger partial charge in [-0.3, -0.25) is 4.79 Å². The van der Waals surface area contributed by atoms with Gasteiger partial charge in [-0.2, -0.15) is 0 Å². The van der Waals surface area contributed by atoms with Crippen LogP contribution in [0.15, 0.2) is 0 Å². The Morgan fingerprint density at radius 3 is 2.54 bits per heavy atom. The molecule has 0 rings (SSSR count). The Morgan fingerprint density at radius 2 is 2.08 bits per heavy atom. The van der Waals surface area contributed by atoms with E-state index in [0.717, 1.165) is 12.8 Å². The second-order valence-corrected chi connectivity index (χ2v) is 3.13. The van der Waals surface area contributed by atoms with Gasteiger partial charge in [0.15, 0.2) is 0 Å². The number of carboxylic acid groups (broad SMARTS) is 1. The molecule has 0 amide bonds. The van der Waals surface area contributed by atoms with Gasteiger partial charge in [0.1, 0.15) is 5.92 Å². The van der Waals surface area contributed by atoms with Gasteiger partial charge in [-0.25, -0.2) is 0 Å². The molecule has 0 saturated heterocycles. The molecular weight excluding hydrogens is 164 g/mol. The molecule has 0 fully saturated rings. The molecule has 13 heavy (non-hydrogen) atoms. The van der Waals surface area contributed by atoms with Crippen LogP contribution in [-0.4, -0.2) is 11.1 Å². The first kappa shape index (κ1) is 12.0. The van der Waals surface area contributed by atoms with Crippen LogP contribution in [0.2, 0.25) is 0 Å². The zero-order valence-corrected chi connectivity index (χ0v) is 8.47. The Kier molecular flexibility index (Phi) is 7.10. The quantitative estimate of drug-likeness (QED) is 0.506. The zero-order valence-electron chi connectivity index (χ0n) is 8.47. The Bertz CT molecular complexity index is 198. The normalized spacial score (nSPS) is 11.5. The largest absolute Gasteiger partial charge is 0.480 e. The minimum absolute atomic E-state index is 0.457. The topological polar surface area (TPSA) is 37.3 Å². The summed E-state index contributed by atoms with van der Waals surface area (Å²) in [6.07, 6.45) is 5.14. The Labute approximate surface area is 80.3 Å². The molecule has 2 heteroatoms. The number of rotatable bonds is 6. The van der Waals surface area contributed by atoms with E-state index in [4.69, 9.17) is 5.11 Å². The first-order chi connectivity index (χ1) is 6.22. The lowest BCUT2D eigenvalue weighted by Crippen LogP contribution is -2.11. The SMILES string of the molecule is CC#C[C@@H](CCCCCC)C(=O)O. The van der Waals surface area contributed by atoms with Crippen molar-refractivity contribution in [3.63, 3.8) is 0 Å². The van der Waals surface area contributed by atoms with Gasteiger partial charge in [0, 0.05) is 0 Å². The fraction of sp³-hybridized carbons (Fsp3) is 0.727. The van der Waals surface area contributed by atoms with E-state index >= 15 is 0 Å². The van der Waals surface area contributed by atoms with Crippen molar-refractivity contribution in [3.8, 4) is 11.8 Å². The highest BCUT2D eigenvalue weighted by molar-refractivity contribution is 5.73. The molecule has 0 aromatic rings. The van der Waals surface area contributed by atoms with Gasteiger partial charge >= 0.3 is 5.97 Å². The highest BCUT2D eigenvalue weighted by Crippen LogP contribution is 2.10. The molecule has 0 heterocycles. The summed E-state index contributed by atoms with van der Waals surface area (Å²) in [5, 5.41) is 8.76. The molecule has 1 atom stereocenters. The number of hydrogen-bond donors (Lipinski definition) is 1. The van der Waals surface area contributed by atoms with Crippen molar-refractivity contribution >= 4 is 5.97 Å². The van der Waals surface area contributed by atoms with Gasteiger partial charge in [0.25, 0.3) is 0 Å². The van der Waals surface area contributed by atoms with E-state index in [1.54, 1.807) is 6.92 Å². The first-order valence-corrected chi connectivity index (χ1v) is 4.87. The predicted molar refractivity (Wildman–Crippen MR) is 53.3 cm³/mol. The number of unbranched alkanes of at least 4 members (excludes halogenated alkanes) is 3. The lowest BCUT2D eigenvalue weighted by molar-refractivity contribution is -0.139. The Hall–Kier alpha value is -0.970. The van der Waals surface area contributed by atoms with Crippen molar-refractivity contribution in [1.82, 2.24) is 0 Å². The molecule has 0 radical (unpaired) electrons. The van der Waals surface area contributed by atoms with Crippen LogP contribution < -0.4 is 0 Å². The van der Waals surface area contributed by atoms with Gasteiger partial charge in [0.05, 0.1) is 0 Å². The van der Waals surface area contributed by atoms with Crippen molar-refractivity contribution in [2.75, 3.05) is 0 Å². The van der Waals surface area contributed by atoms with Crippen LogP contribution in [0.1, 0.15) is 46.0 Å². The maximum absolute atomic E-state index is 10.7. The molecule has 0 saturated carbocycles. The lowest BCUT2D eigenvalue weighted by atomic mass is 10.0. The summed E-state index contributed by atoms with van der Waals surface area (Å²) >= 11 is 0. The molecule has 0 bridgehead atoms. The average Bonchev–Trinajstić information content (AvgIpc) is 2.10. The lowest BCUT2D eigenvalue weighted by Gasteiger charge is -2.03. The number of carbonyl (C=O) groups is 1. The van der Waals surface area contributed by atoms with Crippen molar-refractivity contribution in [1.29, 1.82) is 0 Å². The maximum Gasteiger partial charge on any atom is 0.318 e. The molecule has 0 aliphatic carbocycles. The summed E-state index contributed by atoms with van der Waals surface area (Å²) in [4.78, 5) is 10.7. The standard InChI is InChI=1S/C11H18O2/c1-3-5-6-7-9-10(8-4-2)11(12)13/h10H,3,5-7,9H2,1-2H3,(H,12,13)/t10-/m0/s1. The Morgan fingerprint density at radius 1 is 1.38 bits per heavy atom. The van der Waals surface area contributed by atoms with E-state index in [0.29, 0.717) is 6.42 Å². The van der Waals surface area contributed by atoms with Gasteiger partial charge in [-0.05, 0) is 13.3 Å². The van der Waals surface area contributed by atoms with Crippen LogP contribution in [0, 0.1) is 17.8 Å². The van der Waals surface area contributed by atoms with Crippen LogP contribution in [0.3, 0.4) is 0 Å². The summed E-state index contributed by atoms with van der Waals surface area (Å²) in [7, 11) is 0.